The van der Waals surface area contributed by atoms with E-state index in [9.17, 15) is 4.79 Å². The summed E-state index contributed by atoms with van der Waals surface area (Å²) in [6.45, 7) is 0. The second kappa shape index (κ2) is 5.07. The van der Waals surface area contributed by atoms with E-state index < -0.39 is 0 Å². The third-order valence-electron chi connectivity index (χ3n) is 2.72. The normalized spacial score (nSPS) is 10.7. The van der Waals surface area contributed by atoms with Crippen LogP contribution < -0.4 is 5.56 Å². The minimum Gasteiger partial charge on any atom is -0.328 e. The Labute approximate surface area is 123 Å². The number of nitrogens with zero attached hydrogens (tertiary/aromatic N) is 4. The van der Waals surface area contributed by atoms with E-state index in [4.69, 9.17) is 23.2 Å². The molecule has 1 aromatic carbocycles. The molecule has 3 aromatic rings. The first-order chi connectivity index (χ1) is 9.65. The molecule has 2 heterocycles. The van der Waals surface area contributed by atoms with Gasteiger partial charge in [0.15, 0.2) is 0 Å². The Hall–Kier alpha value is -2.18. The van der Waals surface area contributed by atoms with Crippen molar-refractivity contribution < 1.29 is 0 Å². The molecule has 0 saturated heterocycles. The largest absolute Gasteiger partial charge is 0.328 e. The van der Waals surface area contributed by atoms with Gasteiger partial charge in [-0.2, -0.15) is 4.68 Å². The molecule has 0 radical (unpaired) electrons. The molecule has 1 N–H and O–H groups in total. The van der Waals surface area contributed by atoms with Crippen LogP contribution in [0.4, 0.5) is 0 Å². The van der Waals surface area contributed by atoms with E-state index >= 15 is 0 Å². The van der Waals surface area contributed by atoms with Crippen molar-refractivity contribution in [2.24, 2.45) is 0 Å². The van der Waals surface area contributed by atoms with Crippen LogP contribution in [0.2, 0.25) is 10.0 Å². The third kappa shape index (κ3) is 2.31. The molecule has 0 unspecified atom stereocenters. The minimum atomic E-state index is -0.257. The highest BCUT2D eigenvalue weighted by atomic mass is 35.5. The Bertz CT molecular complexity index is 813. The molecule has 0 amide bonds. The summed E-state index contributed by atoms with van der Waals surface area (Å²) in [4.78, 5) is 14.0. The number of hydrogen-bond donors (Lipinski definition) is 1. The number of tetrazole rings is 1. The topological polar surface area (TPSA) is 76.5 Å². The Kier molecular flexibility index (Phi) is 3.25. The monoisotopic (exact) mass is 307 g/mol. The first-order valence-electron chi connectivity index (χ1n) is 5.56. The Morgan fingerprint density at radius 3 is 2.75 bits per heavy atom. The van der Waals surface area contributed by atoms with Gasteiger partial charge in [0.25, 0.3) is 0 Å². The van der Waals surface area contributed by atoms with E-state index in [1.807, 2.05) is 0 Å². The van der Waals surface area contributed by atoms with Crippen molar-refractivity contribution in [2.75, 3.05) is 0 Å². The zero-order chi connectivity index (χ0) is 14.1. The summed E-state index contributed by atoms with van der Waals surface area (Å²) in [7, 11) is 0. The first kappa shape index (κ1) is 12.8. The zero-order valence-electron chi connectivity index (χ0n) is 9.92. The van der Waals surface area contributed by atoms with Gasteiger partial charge in [-0.15, -0.1) is 5.10 Å². The summed E-state index contributed by atoms with van der Waals surface area (Å²) in [5.74, 6) is 0. The van der Waals surface area contributed by atoms with Crippen LogP contribution in [-0.2, 0) is 0 Å². The van der Waals surface area contributed by atoms with Gasteiger partial charge < -0.3 is 4.98 Å². The van der Waals surface area contributed by atoms with Crippen LogP contribution in [0.3, 0.4) is 0 Å². The number of nitrogens with one attached hydrogen (secondary N) is 1. The average Bonchev–Trinajstić information content (AvgIpc) is 2.95. The van der Waals surface area contributed by atoms with Gasteiger partial charge >= 0.3 is 0 Å². The molecular weight excluding hydrogens is 301 g/mol. The van der Waals surface area contributed by atoms with Gasteiger partial charge in [-0.05, 0) is 28.6 Å². The van der Waals surface area contributed by atoms with E-state index in [0.29, 0.717) is 26.9 Å². The molecule has 0 spiro atoms. The van der Waals surface area contributed by atoms with Gasteiger partial charge in [0, 0.05) is 28.4 Å². The molecule has 0 aliphatic rings. The van der Waals surface area contributed by atoms with Gasteiger partial charge in [0.2, 0.25) is 5.56 Å². The maximum absolute atomic E-state index is 11.5. The SMILES string of the molecule is O=c1cc(-c2cc(Cl)ccc2-n2cnnn2)c(Cl)c[nH]1. The number of rotatable bonds is 2. The highest BCUT2D eigenvalue weighted by Gasteiger charge is 2.12. The smallest absolute Gasteiger partial charge is 0.248 e. The van der Waals surface area contributed by atoms with Crippen molar-refractivity contribution in [3.8, 4) is 16.8 Å². The highest BCUT2D eigenvalue weighted by Crippen LogP contribution is 2.32. The van der Waals surface area contributed by atoms with E-state index in [-0.39, 0.29) is 5.56 Å². The van der Waals surface area contributed by atoms with Gasteiger partial charge in [0.1, 0.15) is 6.33 Å². The Morgan fingerprint density at radius 1 is 1.15 bits per heavy atom. The van der Waals surface area contributed by atoms with Crippen molar-refractivity contribution in [1.82, 2.24) is 25.2 Å². The van der Waals surface area contributed by atoms with Gasteiger partial charge in [-0.1, -0.05) is 23.2 Å². The molecule has 3 rings (SSSR count). The van der Waals surface area contributed by atoms with Crippen molar-refractivity contribution in [2.45, 2.75) is 0 Å². The van der Waals surface area contributed by atoms with Crippen molar-refractivity contribution in [1.29, 1.82) is 0 Å². The van der Waals surface area contributed by atoms with Gasteiger partial charge in [0.05, 0.1) is 10.7 Å². The molecule has 0 aliphatic heterocycles. The Morgan fingerprint density at radius 2 is 2.00 bits per heavy atom. The average molecular weight is 308 g/mol. The number of halogens is 2. The Balaban J connectivity index is 2.30. The van der Waals surface area contributed by atoms with Gasteiger partial charge in [-0.25, -0.2) is 0 Å². The number of aromatic nitrogens is 5. The summed E-state index contributed by atoms with van der Waals surface area (Å²) in [5.41, 5.74) is 1.64. The number of H-pyrrole nitrogens is 1. The lowest BCUT2D eigenvalue weighted by Gasteiger charge is -2.10. The van der Waals surface area contributed by atoms with Crippen molar-refractivity contribution >= 4 is 23.2 Å². The fourth-order valence-electron chi connectivity index (χ4n) is 1.86. The van der Waals surface area contributed by atoms with Crippen LogP contribution in [-0.4, -0.2) is 25.2 Å². The molecule has 100 valence electrons. The third-order valence-corrected chi connectivity index (χ3v) is 3.27. The summed E-state index contributed by atoms with van der Waals surface area (Å²) in [6, 6.07) is 6.58. The number of hydrogen-bond acceptors (Lipinski definition) is 4. The molecule has 0 saturated carbocycles. The molecule has 6 nitrogen and oxygen atoms in total. The molecule has 20 heavy (non-hydrogen) atoms. The standard InChI is InChI=1S/C12H7Cl2N5O/c13-7-1-2-11(19-6-16-17-18-19)9(3-7)8-4-12(20)15-5-10(8)14/h1-6H,(H,15,20). The quantitative estimate of drug-likeness (QED) is 0.788. The second-order valence-corrected chi connectivity index (χ2v) is 4.82. The van der Waals surface area contributed by atoms with Crippen LogP contribution in [0.25, 0.3) is 16.8 Å². The summed E-state index contributed by atoms with van der Waals surface area (Å²) in [6.07, 6.45) is 2.89. The molecule has 0 aliphatic carbocycles. The van der Waals surface area contributed by atoms with Crippen LogP contribution in [0.1, 0.15) is 0 Å². The summed E-state index contributed by atoms with van der Waals surface area (Å²) >= 11 is 12.2. The molecule has 2 aromatic heterocycles. The lowest BCUT2D eigenvalue weighted by molar-refractivity contribution is 0.790. The molecule has 8 heteroatoms. The van der Waals surface area contributed by atoms with Crippen LogP contribution in [0.15, 0.2) is 41.6 Å². The number of aromatic amines is 1. The van der Waals surface area contributed by atoms with Crippen molar-refractivity contribution in [3.63, 3.8) is 0 Å². The van der Waals surface area contributed by atoms with Crippen molar-refractivity contribution in [3.05, 3.63) is 57.2 Å². The van der Waals surface area contributed by atoms with E-state index in [0.717, 1.165) is 0 Å². The first-order valence-corrected chi connectivity index (χ1v) is 6.32. The highest BCUT2D eigenvalue weighted by molar-refractivity contribution is 6.34. The number of pyridine rings is 1. The van der Waals surface area contributed by atoms with E-state index in [2.05, 4.69) is 20.5 Å². The molecule has 0 bridgehead atoms. The lowest BCUT2D eigenvalue weighted by atomic mass is 10.0. The van der Waals surface area contributed by atoms with Crippen LogP contribution in [0.5, 0.6) is 0 Å². The lowest BCUT2D eigenvalue weighted by Crippen LogP contribution is -2.05. The molecular formula is C12H7Cl2N5O. The maximum Gasteiger partial charge on any atom is 0.248 e. The minimum absolute atomic E-state index is 0.257. The molecule has 0 fully saturated rings. The fourth-order valence-corrected chi connectivity index (χ4v) is 2.24. The van der Waals surface area contributed by atoms with Crippen LogP contribution in [0, 0.1) is 0 Å². The predicted octanol–water partition coefficient (Wildman–Crippen LogP) is 2.32. The van der Waals surface area contributed by atoms with Crippen LogP contribution >= 0.6 is 23.2 Å². The number of benzene rings is 1. The summed E-state index contributed by atoms with van der Waals surface area (Å²) < 4.78 is 1.48. The maximum atomic E-state index is 11.5. The predicted molar refractivity (Wildman–Crippen MR) is 75.2 cm³/mol. The zero-order valence-corrected chi connectivity index (χ0v) is 11.4. The summed E-state index contributed by atoms with van der Waals surface area (Å²) in [5, 5.41) is 12.0. The fraction of sp³-hybridized carbons (Fsp3) is 0. The second-order valence-electron chi connectivity index (χ2n) is 3.97. The van der Waals surface area contributed by atoms with E-state index in [1.54, 1.807) is 18.2 Å². The molecule has 0 atom stereocenters. The van der Waals surface area contributed by atoms with E-state index in [1.165, 1.54) is 23.3 Å². The van der Waals surface area contributed by atoms with Gasteiger partial charge in [-0.3, -0.25) is 4.79 Å².